The molecule has 0 fully saturated rings. The van der Waals surface area contributed by atoms with Gasteiger partial charge in [-0.1, -0.05) is 102 Å². The van der Waals surface area contributed by atoms with E-state index in [1.807, 2.05) is 10.4 Å². The van der Waals surface area contributed by atoms with Crippen molar-refractivity contribution >= 4 is 25.6 Å². The highest BCUT2D eigenvalue weighted by Gasteiger charge is 2.58. The predicted octanol–water partition coefficient (Wildman–Crippen LogP) is 5.78. The van der Waals surface area contributed by atoms with E-state index in [1.54, 1.807) is 22.3 Å². The Balaban J connectivity index is 2.04. The summed E-state index contributed by atoms with van der Waals surface area (Å²) in [6, 6.07) is 9.87. The van der Waals surface area contributed by atoms with Crippen LogP contribution in [0.3, 0.4) is 0 Å². The molecule has 4 rings (SSSR count). The third-order valence-electron chi connectivity index (χ3n) is 7.69. The normalized spacial score (nSPS) is 19.2. The molecule has 0 saturated carbocycles. The third kappa shape index (κ3) is 2.45. The van der Waals surface area contributed by atoms with Gasteiger partial charge in [0.2, 0.25) is 0 Å². The van der Waals surface area contributed by atoms with E-state index in [-0.39, 0.29) is 10.8 Å². The second-order valence-corrected chi connectivity index (χ2v) is 27.0. The van der Waals surface area contributed by atoms with Crippen molar-refractivity contribution in [1.29, 1.82) is 0 Å². The third-order valence-corrected chi connectivity index (χ3v) is 25.5. The van der Waals surface area contributed by atoms with Crippen LogP contribution in [0.4, 0.5) is 0 Å². The van der Waals surface area contributed by atoms with Crippen LogP contribution >= 0.6 is 0 Å². The second-order valence-electron chi connectivity index (χ2n) is 12.0. The zero-order chi connectivity index (χ0) is 20.2. The van der Waals surface area contributed by atoms with Crippen LogP contribution in [-0.4, -0.2) is 15.2 Å². The molecule has 0 unspecified atom stereocenters. The minimum absolute atomic E-state index is 0.202. The van der Waals surface area contributed by atoms with Gasteiger partial charge in [-0.2, -0.15) is 0 Å². The molecule has 0 N–H and O–H groups in total. The fourth-order valence-corrected chi connectivity index (χ4v) is 16.5. The fourth-order valence-electron chi connectivity index (χ4n) is 5.28. The number of benzene rings is 2. The molecule has 1 aliphatic heterocycles. The second kappa shape index (κ2) is 5.27. The summed E-state index contributed by atoms with van der Waals surface area (Å²) in [7, 11) is -2.62. The molecule has 0 bridgehead atoms. The molecule has 0 nitrogen and oxygen atoms in total. The predicted molar refractivity (Wildman–Crippen MR) is 126 cm³/mol. The maximum Gasteiger partial charge on any atom is 0.0794 e. The van der Waals surface area contributed by atoms with Crippen molar-refractivity contribution in [3.05, 3.63) is 46.5 Å². The summed E-state index contributed by atoms with van der Waals surface area (Å²) in [5.41, 5.74) is 9.84. The molecule has 27 heavy (non-hydrogen) atoms. The molecule has 0 saturated heterocycles. The van der Waals surface area contributed by atoms with Crippen LogP contribution in [0.15, 0.2) is 24.3 Å². The Labute approximate surface area is 168 Å². The van der Waals surface area contributed by atoms with Crippen molar-refractivity contribution in [3.63, 3.8) is 0 Å². The van der Waals surface area contributed by atoms with E-state index in [2.05, 4.69) is 92.0 Å². The summed E-state index contributed by atoms with van der Waals surface area (Å²) in [4.78, 5) is 0. The molecule has 0 spiro atoms. The summed E-state index contributed by atoms with van der Waals surface area (Å²) >= 11 is 0. The maximum atomic E-state index is 2.65. The lowest BCUT2D eigenvalue weighted by Gasteiger charge is -2.55. The highest BCUT2D eigenvalue weighted by Crippen LogP contribution is 2.44. The number of rotatable bonds is 0. The van der Waals surface area contributed by atoms with Crippen molar-refractivity contribution in [2.75, 3.05) is 0 Å². The van der Waals surface area contributed by atoms with Crippen molar-refractivity contribution in [1.82, 2.24) is 0 Å². The standard InChI is InChI=1S/C25H36Si2/c1-24(2,3)17-12-11-16-13-20-19(18(16)14-17)15-21(25(4,5)6)23-22(20)26(7,8)27(23,9)10/h11-12,14-15H,13H2,1-10H3. The largest absolute Gasteiger partial charge is 0.0794 e. The van der Waals surface area contributed by atoms with Crippen LogP contribution in [0.25, 0.3) is 11.1 Å². The van der Waals surface area contributed by atoms with Crippen LogP contribution in [0.2, 0.25) is 26.2 Å². The van der Waals surface area contributed by atoms with E-state index in [4.69, 9.17) is 0 Å². The molecule has 144 valence electrons. The van der Waals surface area contributed by atoms with Crippen molar-refractivity contribution < 1.29 is 0 Å². The van der Waals surface area contributed by atoms with Gasteiger partial charge in [0.15, 0.2) is 0 Å². The van der Waals surface area contributed by atoms with Crippen LogP contribution in [-0.2, 0) is 17.3 Å². The number of fused-ring (bicyclic) bond motifs is 5. The molecule has 0 aromatic heterocycles. The number of hydrogen-bond donors (Lipinski definition) is 0. The van der Waals surface area contributed by atoms with Gasteiger partial charge in [0.05, 0.1) is 15.2 Å². The molecule has 0 atom stereocenters. The van der Waals surface area contributed by atoms with E-state index in [9.17, 15) is 0 Å². The van der Waals surface area contributed by atoms with Gasteiger partial charge in [-0.05, 0) is 50.6 Å². The van der Waals surface area contributed by atoms with Crippen LogP contribution in [0, 0.1) is 0 Å². The van der Waals surface area contributed by atoms with Crippen molar-refractivity contribution in [3.8, 4) is 11.1 Å². The minimum Gasteiger partial charge on any atom is -0.0671 e. The summed E-state index contributed by atoms with van der Waals surface area (Å²) < 4.78 is 0. The lowest BCUT2D eigenvalue weighted by molar-refractivity contribution is 0.590. The monoisotopic (exact) mass is 392 g/mol. The average Bonchev–Trinajstić information content (AvgIpc) is 2.88. The van der Waals surface area contributed by atoms with Gasteiger partial charge >= 0.3 is 0 Å². The van der Waals surface area contributed by atoms with E-state index in [0.717, 1.165) is 6.42 Å². The fraction of sp³-hybridized carbons (Fsp3) is 0.520. The molecule has 0 radical (unpaired) electrons. The van der Waals surface area contributed by atoms with E-state index in [1.165, 1.54) is 11.1 Å². The summed E-state index contributed by atoms with van der Waals surface area (Å²) in [6.07, 6.45) is 1.16. The zero-order valence-corrected chi connectivity index (χ0v) is 21.0. The van der Waals surface area contributed by atoms with E-state index in [0.29, 0.717) is 0 Å². The lowest BCUT2D eigenvalue weighted by atomic mass is 9.83. The average molecular weight is 393 g/mol. The molecular formula is C25H36Si2. The van der Waals surface area contributed by atoms with Gasteiger partial charge in [0.1, 0.15) is 0 Å². The van der Waals surface area contributed by atoms with Gasteiger partial charge < -0.3 is 0 Å². The molecule has 1 heterocycles. The Morgan fingerprint density at radius 1 is 0.704 bits per heavy atom. The molecule has 2 aromatic rings. The van der Waals surface area contributed by atoms with Crippen molar-refractivity contribution in [2.45, 2.75) is 85.0 Å². The Morgan fingerprint density at radius 3 is 1.85 bits per heavy atom. The van der Waals surface area contributed by atoms with E-state index >= 15 is 0 Å². The van der Waals surface area contributed by atoms with Crippen LogP contribution in [0.1, 0.15) is 63.8 Å². The summed E-state index contributed by atoms with van der Waals surface area (Å²) in [6.45, 7) is 24.8. The topological polar surface area (TPSA) is 0 Å². The molecule has 1 aliphatic carbocycles. The molecule has 0 amide bonds. The first kappa shape index (κ1) is 19.2. The molecule has 2 heteroatoms. The first-order valence-corrected chi connectivity index (χ1v) is 17.5. The minimum atomic E-state index is -1.32. The van der Waals surface area contributed by atoms with Gasteiger partial charge in [-0.25, -0.2) is 0 Å². The van der Waals surface area contributed by atoms with Gasteiger partial charge in [0.25, 0.3) is 0 Å². The SMILES string of the molecule is CC(C)(C)c1ccc2c(c1)-c1cc(C(C)(C)C)c3c(c1C2)[Si](C)(C)[Si]3(C)C. The first-order chi connectivity index (χ1) is 12.2. The Kier molecular flexibility index (Phi) is 3.75. The van der Waals surface area contributed by atoms with Gasteiger partial charge in [0, 0.05) is 0 Å². The first-order valence-electron chi connectivity index (χ1n) is 10.5. The lowest BCUT2D eigenvalue weighted by Crippen LogP contribution is -2.86. The highest BCUT2D eigenvalue weighted by atomic mass is 29.3. The Morgan fingerprint density at radius 2 is 1.30 bits per heavy atom. The number of hydrogen-bond acceptors (Lipinski definition) is 0. The van der Waals surface area contributed by atoms with E-state index < -0.39 is 15.2 Å². The van der Waals surface area contributed by atoms with Crippen LogP contribution < -0.4 is 10.4 Å². The van der Waals surface area contributed by atoms with Crippen LogP contribution in [0.5, 0.6) is 0 Å². The smallest absolute Gasteiger partial charge is 0.0671 e. The molecular weight excluding hydrogens is 356 g/mol. The Hall–Kier alpha value is -1.13. The Bertz CT molecular complexity index is 963. The molecule has 2 aliphatic rings. The van der Waals surface area contributed by atoms with Crippen molar-refractivity contribution in [2.24, 2.45) is 0 Å². The quantitative estimate of drug-likeness (QED) is 0.426. The molecule has 2 aromatic carbocycles. The summed E-state index contributed by atoms with van der Waals surface area (Å²) in [5, 5.41) is 3.67. The van der Waals surface area contributed by atoms with Gasteiger partial charge in [-0.3, -0.25) is 0 Å². The highest BCUT2D eigenvalue weighted by molar-refractivity contribution is 7.56. The van der Waals surface area contributed by atoms with Gasteiger partial charge in [-0.15, -0.1) is 0 Å². The summed E-state index contributed by atoms with van der Waals surface area (Å²) in [5.74, 6) is 0. The zero-order valence-electron chi connectivity index (χ0n) is 19.0. The maximum absolute atomic E-state index is 2.65.